The molecule has 51 heavy (non-hydrogen) atoms. The van der Waals surface area contributed by atoms with Crippen LogP contribution in [0.5, 0.6) is 5.75 Å². The van der Waals surface area contributed by atoms with Crippen molar-refractivity contribution in [2.24, 2.45) is 17.8 Å². The van der Waals surface area contributed by atoms with E-state index in [0.29, 0.717) is 29.5 Å². The van der Waals surface area contributed by atoms with Crippen LogP contribution in [0.15, 0.2) is 53.4 Å². The third-order valence-corrected chi connectivity index (χ3v) is 10.9. The molecule has 0 saturated heterocycles. The second-order valence-corrected chi connectivity index (χ2v) is 16.2. The van der Waals surface area contributed by atoms with Crippen molar-refractivity contribution < 1.29 is 46.5 Å². The molecule has 0 spiro atoms. The number of esters is 1. The minimum absolute atomic E-state index is 0.0213. The summed E-state index contributed by atoms with van der Waals surface area (Å²) in [4.78, 5) is 39.8. The van der Waals surface area contributed by atoms with Crippen LogP contribution in [0.4, 0.5) is 10.5 Å². The third-order valence-electron chi connectivity index (χ3n) is 9.38. The van der Waals surface area contributed by atoms with Gasteiger partial charge in [0, 0.05) is 18.1 Å². The molecule has 0 unspecified atom stereocenters. The molecule has 1 N–H and O–H groups in total. The highest BCUT2D eigenvalue weighted by molar-refractivity contribution is 7.90. The molecule has 2 heterocycles. The molecule has 2 aromatic rings. The van der Waals surface area contributed by atoms with Crippen LogP contribution in [0, 0.1) is 17.8 Å². The molecule has 2 aromatic carbocycles. The van der Waals surface area contributed by atoms with E-state index in [1.807, 2.05) is 32.0 Å². The minimum atomic E-state index is -4.27. The Balaban J connectivity index is 1.45. The van der Waals surface area contributed by atoms with Gasteiger partial charge in [-0.15, -0.1) is 0 Å². The van der Waals surface area contributed by atoms with Gasteiger partial charge in [0.15, 0.2) is 0 Å². The van der Waals surface area contributed by atoms with Crippen LogP contribution in [-0.2, 0) is 51.6 Å². The number of sulfonamides is 1. The number of aryl methyl sites for hydroxylation is 1. The zero-order valence-electron chi connectivity index (χ0n) is 29.5. The van der Waals surface area contributed by atoms with E-state index < -0.39 is 46.4 Å². The standard InChI is InChI=1S/C37H47ClN2O10S/c1-24(2)21-48-36(43)50-34(41)23-47-32-9-7-17-49-37(3,4)35(42)39-51(44,45)29-13-15-33-31(19-29)40(20-26-11-14-30(26)32)16-6-5-8-25-18-28(38)12-10-27(25)22-46-33/h7,9-10,12-13,15,18-19,24,26,30,32H,5-6,8,11,14,16-17,20-23H2,1-4H3,(H,39,42)/b9-7+/t26-,30+,32-/m0/s1. The Bertz CT molecular complexity index is 1730. The molecule has 1 aliphatic carbocycles. The van der Waals surface area contributed by atoms with E-state index >= 15 is 0 Å². The summed E-state index contributed by atoms with van der Waals surface area (Å²) in [6.07, 6.45) is 6.01. The molecule has 5 rings (SSSR count). The summed E-state index contributed by atoms with van der Waals surface area (Å²) in [5.74, 6) is -1.04. The second-order valence-electron chi connectivity index (χ2n) is 14.1. The lowest BCUT2D eigenvalue weighted by atomic mass is 9.70. The van der Waals surface area contributed by atoms with Gasteiger partial charge in [0.25, 0.3) is 15.9 Å². The number of carbonyl (C=O) groups is 3. The number of hydrogen-bond donors (Lipinski definition) is 1. The summed E-state index contributed by atoms with van der Waals surface area (Å²) in [6, 6.07) is 10.4. The van der Waals surface area contributed by atoms with Crippen molar-refractivity contribution in [3.05, 3.63) is 64.7 Å². The fraction of sp³-hybridized carbons (Fsp3) is 0.541. The summed E-state index contributed by atoms with van der Waals surface area (Å²) < 4.78 is 57.4. The van der Waals surface area contributed by atoms with E-state index in [4.69, 9.17) is 35.3 Å². The quantitative estimate of drug-likeness (QED) is 0.219. The molecule has 1 fully saturated rings. The van der Waals surface area contributed by atoms with Crippen LogP contribution in [0.2, 0.25) is 5.02 Å². The van der Waals surface area contributed by atoms with Crippen molar-refractivity contribution in [2.45, 2.75) is 83.0 Å². The lowest BCUT2D eigenvalue weighted by Crippen LogP contribution is -2.47. The molecule has 3 aliphatic rings. The number of fused-ring (bicyclic) bond motifs is 3. The Labute approximate surface area is 304 Å². The largest absolute Gasteiger partial charge is 0.516 e. The highest BCUT2D eigenvalue weighted by Crippen LogP contribution is 2.42. The molecule has 14 heteroatoms. The molecule has 0 aromatic heterocycles. The maximum absolute atomic E-state index is 13.6. The Kier molecular flexibility index (Phi) is 12.7. The summed E-state index contributed by atoms with van der Waals surface area (Å²) in [6.45, 7) is 7.74. The fourth-order valence-electron chi connectivity index (χ4n) is 6.31. The molecule has 0 radical (unpaired) electrons. The van der Waals surface area contributed by atoms with Gasteiger partial charge in [-0.05, 0) is 105 Å². The maximum atomic E-state index is 13.6. The SMILES string of the molecule is CC(C)COC(=O)OC(=O)CO[C@H]1/C=C/COC(C)(C)C(=O)NS(=O)(=O)c2ccc3c(c2)N(CCCCc2cc(Cl)ccc2CO3)C[C@@H]2CC[C@H]21. The van der Waals surface area contributed by atoms with E-state index in [1.165, 1.54) is 19.9 Å². The lowest BCUT2D eigenvalue weighted by Gasteiger charge is -2.44. The van der Waals surface area contributed by atoms with Gasteiger partial charge in [-0.1, -0.05) is 43.7 Å². The molecule has 2 aliphatic heterocycles. The van der Waals surface area contributed by atoms with E-state index in [0.717, 1.165) is 43.2 Å². The van der Waals surface area contributed by atoms with Gasteiger partial charge in [0.1, 0.15) is 24.6 Å². The first-order valence-corrected chi connectivity index (χ1v) is 19.2. The monoisotopic (exact) mass is 746 g/mol. The molecule has 12 nitrogen and oxygen atoms in total. The molecule has 1 amide bonds. The minimum Gasteiger partial charge on any atom is -0.487 e. The number of benzene rings is 2. The van der Waals surface area contributed by atoms with Crippen LogP contribution in [-0.4, -0.2) is 71.1 Å². The number of hydrogen-bond acceptors (Lipinski definition) is 11. The van der Waals surface area contributed by atoms with E-state index in [9.17, 15) is 22.8 Å². The molecule has 3 atom stereocenters. The van der Waals surface area contributed by atoms with Crippen molar-refractivity contribution in [1.29, 1.82) is 0 Å². The highest BCUT2D eigenvalue weighted by Gasteiger charge is 2.39. The van der Waals surface area contributed by atoms with Gasteiger partial charge in [0.2, 0.25) is 0 Å². The first-order chi connectivity index (χ1) is 24.2. The van der Waals surface area contributed by atoms with Crippen molar-refractivity contribution >= 4 is 45.3 Å². The zero-order valence-corrected chi connectivity index (χ0v) is 31.1. The number of rotatable bonds is 5. The van der Waals surface area contributed by atoms with E-state index in [2.05, 4.69) is 9.62 Å². The maximum Gasteiger partial charge on any atom is 0.516 e. The predicted octanol–water partition coefficient (Wildman–Crippen LogP) is 5.98. The highest BCUT2D eigenvalue weighted by atomic mass is 35.5. The van der Waals surface area contributed by atoms with Gasteiger partial charge in [0.05, 0.1) is 29.9 Å². The third kappa shape index (κ3) is 10.2. The fourth-order valence-corrected chi connectivity index (χ4v) is 7.63. The first kappa shape index (κ1) is 38.6. The second kappa shape index (κ2) is 16.8. The Hall–Kier alpha value is -3.65. The number of amides is 1. The number of halogens is 1. The summed E-state index contributed by atoms with van der Waals surface area (Å²) in [5.41, 5.74) is 1.18. The molecular weight excluding hydrogens is 700 g/mol. The normalized spacial score (nSPS) is 23.9. The molecule has 1 saturated carbocycles. The van der Waals surface area contributed by atoms with Crippen LogP contribution < -0.4 is 14.4 Å². The van der Waals surface area contributed by atoms with Gasteiger partial charge < -0.3 is 28.6 Å². The van der Waals surface area contributed by atoms with Gasteiger partial charge in [-0.2, -0.15) is 0 Å². The Morgan fingerprint density at radius 2 is 1.90 bits per heavy atom. The molecular formula is C37H47ClN2O10S. The van der Waals surface area contributed by atoms with Gasteiger partial charge in [-0.3, -0.25) is 4.79 Å². The van der Waals surface area contributed by atoms with Crippen LogP contribution in [0.1, 0.15) is 64.5 Å². The van der Waals surface area contributed by atoms with Crippen molar-refractivity contribution in [3.63, 3.8) is 0 Å². The summed E-state index contributed by atoms with van der Waals surface area (Å²) in [5, 5.41) is 0.654. The summed E-state index contributed by atoms with van der Waals surface area (Å²) >= 11 is 6.33. The van der Waals surface area contributed by atoms with Crippen LogP contribution >= 0.6 is 11.6 Å². The van der Waals surface area contributed by atoms with E-state index in [1.54, 1.807) is 24.3 Å². The first-order valence-electron chi connectivity index (χ1n) is 17.4. The number of nitrogens with zero attached hydrogens (tertiary/aromatic N) is 1. The van der Waals surface area contributed by atoms with Crippen molar-refractivity contribution in [3.8, 4) is 5.75 Å². The summed E-state index contributed by atoms with van der Waals surface area (Å²) in [7, 11) is -4.27. The Morgan fingerprint density at radius 3 is 2.65 bits per heavy atom. The smallest absolute Gasteiger partial charge is 0.487 e. The zero-order chi connectivity index (χ0) is 36.8. The van der Waals surface area contributed by atoms with Crippen LogP contribution in [0.3, 0.4) is 0 Å². The van der Waals surface area contributed by atoms with E-state index in [-0.39, 0.29) is 42.5 Å². The van der Waals surface area contributed by atoms with Crippen LogP contribution in [0.25, 0.3) is 0 Å². The topological polar surface area (TPSA) is 147 Å². The molecule has 278 valence electrons. The van der Waals surface area contributed by atoms with Gasteiger partial charge in [-0.25, -0.2) is 22.7 Å². The van der Waals surface area contributed by atoms with Crippen molar-refractivity contribution in [1.82, 2.24) is 4.72 Å². The average Bonchev–Trinajstić information content (AvgIpc) is 3.08. The lowest BCUT2D eigenvalue weighted by molar-refractivity contribution is -0.148. The van der Waals surface area contributed by atoms with Gasteiger partial charge >= 0.3 is 12.1 Å². The number of ether oxygens (including phenoxy) is 5. The molecule has 2 bridgehead atoms. The number of nitrogens with one attached hydrogen (secondary N) is 1. The predicted molar refractivity (Wildman–Crippen MR) is 190 cm³/mol. The number of anilines is 1. The van der Waals surface area contributed by atoms with Crippen molar-refractivity contribution in [2.75, 3.05) is 37.8 Å². The Morgan fingerprint density at radius 1 is 1.10 bits per heavy atom. The average molecular weight is 747 g/mol. The number of carbonyl (C=O) groups excluding carboxylic acids is 3.